The monoisotopic (exact) mass is 403 g/mol. The number of aliphatic hydroxyl groups excluding tert-OH is 4. The molecule has 0 aliphatic carbocycles. The molecular formula is C18H21N5O6. The number of aliphatic hydroxyl groups is 4. The molecule has 29 heavy (non-hydrogen) atoms. The van der Waals surface area contributed by atoms with E-state index in [1.54, 1.807) is 12.1 Å². The van der Waals surface area contributed by atoms with Gasteiger partial charge in [-0.3, -0.25) is 9.59 Å². The summed E-state index contributed by atoms with van der Waals surface area (Å²) in [6.45, 7) is -1.52. The summed E-state index contributed by atoms with van der Waals surface area (Å²) in [5, 5.41) is 61.3. The van der Waals surface area contributed by atoms with Gasteiger partial charge >= 0.3 is 0 Å². The number of nitriles is 2. The molecule has 11 nitrogen and oxygen atoms in total. The van der Waals surface area contributed by atoms with Crippen LogP contribution in [0.3, 0.4) is 0 Å². The van der Waals surface area contributed by atoms with Crippen molar-refractivity contribution in [3.8, 4) is 12.1 Å². The Kier molecular flexibility index (Phi) is 9.81. The molecule has 2 unspecified atom stereocenters. The Morgan fingerprint density at radius 3 is 1.76 bits per heavy atom. The second-order valence-corrected chi connectivity index (χ2v) is 5.82. The average Bonchev–Trinajstić information content (AvgIpc) is 2.75. The summed E-state index contributed by atoms with van der Waals surface area (Å²) in [6.07, 6.45) is -1.21. The maximum Gasteiger partial charge on any atom is 0.251 e. The molecule has 0 aliphatic heterocycles. The van der Waals surface area contributed by atoms with Gasteiger partial charge in [0.05, 0.1) is 25.4 Å². The average molecular weight is 403 g/mol. The maximum absolute atomic E-state index is 12.3. The summed E-state index contributed by atoms with van der Waals surface area (Å²) in [5.74, 6) is -1.29. The van der Waals surface area contributed by atoms with E-state index in [1.807, 2.05) is 0 Å². The van der Waals surface area contributed by atoms with Gasteiger partial charge in [0.15, 0.2) is 0 Å². The number of rotatable bonds is 10. The van der Waals surface area contributed by atoms with Gasteiger partial charge in [0, 0.05) is 36.1 Å². The van der Waals surface area contributed by atoms with E-state index >= 15 is 0 Å². The predicted octanol–water partition coefficient (Wildman–Crippen LogP) is -1.80. The Hall–Kier alpha value is -3.48. The highest BCUT2D eigenvalue weighted by Crippen LogP contribution is 2.16. The van der Waals surface area contributed by atoms with E-state index in [-0.39, 0.29) is 35.5 Å². The summed E-state index contributed by atoms with van der Waals surface area (Å²) in [5.41, 5.74) is 0.0351. The molecule has 0 aliphatic rings. The van der Waals surface area contributed by atoms with Gasteiger partial charge in [-0.05, 0) is 18.2 Å². The van der Waals surface area contributed by atoms with Crippen LogP contribution in [-0.2, 0) is 0 Å². The molecule has 1 rings (SSSR count). The molecule has 7 N–H and O–H groups in total. The minimum absolute atomic E-state index is 0.0249. The minimum atomic E-state index is -1.15. The van der Waals surface area contributed by atoms with Gasteiger partial charge in [-0.25, -0.2) is 0 Å². The van der Waals surface area contributed by atoms with Gasteiger partial charge in [0.1, 0.15) is 17.7 Å². The third-order valence-electron chi connectivity index (χ3n) is 3.50. The molecule has 154 valence electrons. The van der Waals surface area contributed by atoms with Crippen LogP contribution >= 0.6 is 0 Å². The van der Waals surface area contributed by atoms with Gasteiger partial charge in [0.25, 0.3) is 11.8 Å². The van der Waals surface area contributed by atoms with Crippen molar-refractivity contribution in [1.29, 1.82) is 10.5 Å². The lowest BCUT2D eigenvalue weighted by molar-refractivity contribution is 0.0800. The summed E-state index contributed by atoms with van der Waals surface area (Å²) >= 11 is 0. The number of carbonyl (C=O) groups excluding carboxylic acids is 2. The Morgan fingerprint density at radius 2 is 1.38 bits per heavy atom. The van der Waals surface area contributed by atoms with Crippen molar-refractivity contribution in [3.05, 3.63) is 41.1 Å². The van der Waals surface area contributed by atoms with Crippen molar-refractivity contribution in [3.63, 3.8) is 0 Å². The first-order valence-corrected chi connectivity index (χ1v) is 8.40. The van der Waals surface area contributed by atoms with Crippen molar-refractivity contribution < 1.29 is 30.0 Å². The molecule has 0 spiro atoms. The number of nitrogens with zero attached hydrogens (tertiary/aromatic N) is 2. The standard InChI is InChI=1S/C18H21N5O6/c19-4-11(5-20)6-21-14-2-12(17(28)22-7-15(26)9-24)1-13(3-14)18(29)23-8-16(27)10-25/h1-3,6,15-16,21,24-27H,7-10H2,(H,22,28)(H,23,29). The van der Waals surface area contributed by atoms with Crippen molar-refractivity contribution in [2.45, 2.75) is 12.2 Å². The van der Waals surface area contributed by atoms with Crippen LogP contribution in [0.4, 0.5) is 5.69 Å². The molecule has 0 saturated carbocycles. The topological polar surface area (TPSA) is 199 Å². The fourth-order valence-electron chi connectivity index (χ4n) is 1.97. The smallest absolute Gasteiger partial charge is 0.251 e. The fourth-order valence-corrected chi connectivity index (χ4v) is 1.97. The lowest BCUT2D eigenvalue weighted by atomic mass is 10.1. The summed E-state index contributed by atoms with van der Waals surface area (Å²) in [7, 11) is 0. The highest BCUT2D eigenvalue weighted by molar-refractivity contribution is 6.01. The van der Waals surface area contributed by atoms with Crippen LogP contribution in [-0.4, -0.2) is 70.8 Å². The van der Waals surface area contributed by atoms with E-state index in [0.29, 0.717) is 0 Å². The Balaban J connectivity index is 3.13. The first-order chi connectivity index (χ1) is 13.8. The zero-order valence-corrected chi connectivity index (χ0v) is 15.3. The fraction of sp³-hybridized carbons (Fsp3) is 0.333. The lowest BCUT2D eigenvalue weighted by Gasteiger charge is -2.13. The predicted molar refractivity (Wildman–Crippen MR) is 100 cm³/mol. The molecule has 0 fully saturated rings. The van der Waals surface area contributed by atoms with Crippen LogP contribution in [0.1, 0.15) is 20.7 Å². The third-order valence-corrected chi connectivity index (χ3v) is 3.50. The van der Waals surface area contributed by atoms with Crippen LogP contribution in [0.15, 0.2) is 30.0 Å². The molecule has 11 heteroatoms. The number of allylic oxidation sites excluding steroid dienone is 1. The SMILES string of the molecule is N#CC(C#N)=CNc1cc(C(=O)NCC(O)CO)cc(C(=O)NCC(O)CO)c1. The number of benzene rings is 1. The second-order valence-electron chi connectivity index (χ2n) is 5.82. The molecule has 0 bridgehead atoms. The number of hydrogen-bond acceptors (Lipinski definition) is 9. The Morgan fingerprint density at radius 1 is 0.931 bits per heavy atom. The van der Waals surface area contributed by atoms with Crippen molar-refractivity contribution in [2.75, 3.05) is 31.6 Å². The molecule has 2 atom stereocenters. The Bertz CT molecular complexity index is 782. The highest BCUT2D eigenvalue weighted by Gasteiger charge is 2.15. The normalized spacial score (nSPS) is 11.9. The quantitative estimate of drug-likeness (QED) is 0.220. The van der Waals surface area contributed by atoms with Gasteiger partial charge in [-0.15, -0.1) is 0 Å². The molecule has 0 heterocycles. The molecule has 0 aromatic heterocycles. The molecule has 1 aromatic rings. The van der Waals surface area contributed by atoms with Gasteiger partial charge < -0.3 is 36.4 Å². The zero-order valence-electron chi connectivity index (χ0n) is 15.3. The van der Waals surface area contributed by atoms with E-state index in [4.69, 9.17) is 20.7 Å². The van der Waals surface area contributed by atoms with Crippen LogP contribution in [0, 0.1) is 22.7 Å². The highest BCUT2D eigenvalue weighted by atomic mass is 16.3. The number of carbonyl (C=O) groups is 2. The molecule has 0 saturated heterocycles. The van der Waals surface area contributed by atoms with E-state index < -0.39 is 37.2 Å². The lowest BCUT2D eigenvalue weighted by Crippen LogP contribution is -2.35. The second kappa shape index (κ2) is 12.1. The first kappa shape index (κ1) is 23.6. The summed E-state index contributed by atoms with van der Waals surface area (Å²) in [6, 6.07) is 7.26. The number of nitrogens with one attached hydrogen (secondary N) is 3. The van der Waals surface area contributed by atoms with Gasteiger partial charge in [-0.2, -0.15) is 10.5 Å². The van der Waals surface area contributed by atoms with E-state index in [0.717, 1.165) is 6.20 Å². The number of anilines is 1. The van der Waals surface area contributed by atoms with Crippen LogP contribution in [0.25, 0.3) is 0 Å². The van der Waals surface area contributed by atoms with Crippen molar-refractivity contribution in [1.82, 2.24) is 10.6 Å². The number of hydrogen-bond donors (Lipinski definition) is 7. The Labute approximate surface area is 166 Å². The van der Waals surface area contributed by atoms with E-state index in [9.17, 15) is 19.8 Å². The van der Waals surface area contributed by atoms with Crippen molar-refractivity contribution >= 4 is 17.5 Å². The third kappa shape index (κ3) is 7.96. The molecule has 2 amide bonds. The van der Waals surface area contributed by atoms with Gasteiger partial charge in [-0.1, -0.05) is 0 Å². The molecule has 1 aromatic carbocycles. The van der Waals surface area contributed by atoms with E-state index in [2.05, 4.69) is 16.0 Å². The summed E-state index contributed by atoms with van der Waals surface area (Å²) < 4.78 is 0. The first-order valence-electron chi connectivity index (χ1n) is 8.40. The van der Waals surface area contributed by atoms with Gasteiger partial charge in [0.2, 0.25) is 0 Å². The molecular weight excluding hydrogens is 382 g/mol. The largest absolute Gasteiger partial charge is 0.394 e. The maximum atomic E-state index is 12.3. The minimum Gasteiger partial charge on any atom is -0.394 e. The van der Waals surface area contributed by atoms with Crippen LogP contribution < -0.4 is 16.0 Å². The van der Waals surface area contributed by atoms with Crippen LogP contribution in [0.5, 0.6) is 0 Å². The van der Waals surface area contributed by atoms with Crippen molar-refractivity contribution in [2.24, 2.45) is 0 Å². The summed E-state index contributed by atoms with van der Waals surface area (Å²) in [4.78, 5) is 24.6. The van der Waals surface area contributed by atoms with E-state index in [1.165, 1.54) is 18.2 Å². The zero-order chi connectivity index (χ0) is 21.8. The number of amides is 2. The molecule has 0 radical (unpaired) electrons. The van der Waals surface area contributed by atoms with Crippen LogP contribution in [0.2, 0.25) is 0 Å².